The number of benzene rings is 1. The Bertz CT molecular complexity index is 654. The third kappa shape index (κ3) is 3.96. The molecule has 134 valence electrons. The summed E-state index contributed by atoms with van der Waals surface area (Å²) in [7, 11) is -3.51. The Morgan fingerprint density at radius 1 is 1.25 bits per heavy atom. The predicted molar refractivity (Wildman–Crippen MR) is 92.3 cm³/mol. The van der Waals surface area contributed by atoms with E-state index in [4.69, 9.17) is 0 Å². The summed E-state index contributed by atoms with van der Waals surface area (Å²) in [6, 6.07) is 6.13. The minimum absolute atomic E-state index is 0.0881. The number of hydrogen-bond acceptors (Lipinski definition) is 4. The van der Waals surface area contributed by atoms with Gasteiger partial charge >= 0.3 is 0 Å². The van der Waals surface area contributed by atoms with Crippen LogP contribution in [0.3, 0.4) is 0 Å². The third-order valence-electron chi connectivity index (χ3n) is 4.51. The summed E-state index contributed by atoms with van der Waals surface area (Å²) in [5.74, 6) is 0.0185. The second-order valence-corrected chi connectivity index (χ2v) is 7.99. The Kier molecular flexibility index (Phi) is 6.37. The molecule has 6 nitrogen and oxygen atoms in total. The Labute approximate surface area is 144 Å². The molecule has 0 aliphatic carbocycles. The maximum absolute atomic E-state index is 12.6. The highest BCUT2D eigenvalue weighted by Crippen LogP contribution is 2.20. The van der Waals surface area contributed by atoms with Crippen molar-refractivity contribution in [3.63, 3.8) is 0 Å². The van der Waals surface area contributed by atoms with Crippen molar-refractivity contribution in [1.29, 1.82) is 0 Å². The lowest BCUT2D eigenvalue weighted by atomic mass is 9.98. The second-order valence-electron chi connectivity index (χ2n) is 6.06. The molecule has 24 heavy (non-hydrogen) atoms. The molecular formula is C17H26N2O4S. The van der Waals surface area contributed by atoms with Crippen molar-refractivity contribution in [2.45, 2.75) is 31.6 Å². The van der Waals surface area contributed by atoms with Gasteiger partial charge in [0.25, 0.3) is 5.91 Å². The van der Waals surface area contributed by atoms with E-state index < -0.39 is 10.0 Å². The normalized spacial score (nSPS) is 18.8. The monoisotopic (exact) mass is 354 g/mol. The van der Waals surface area contributed by atoms with Crippen LogP contribution in [0.2, 0.25) is 0 Å². The van der Waals surface area contributed by atoms with E-state index in [1.54, 1.807) is 30.9 Å². The number of amides is 1. The van der Waals surface area contributed by atoms with Gasteiger partial charge in [-0.3, -0.25) is 4.79 Å². The molecule has 1 aromatic rings. The smallest absolute Gasteiger partial charge is 0.253 e. The van der Waals surface area contributed by atoms with E-state index in [1.165, 1.54) is 16.4 Å². The lowest BCUT2D eigenvalue weighted by Gasteiger charge is -2.32. The van der Waals surface area contributed by atoms with Crippen LogP contribution in [0.15, 0.2) is 29.2 Å². The van der Waals surface area contributed by atoms with E-state index in [1.807, 2.05) is 0 Å². The van der Waals surface area contributed by atoms with Crippen molar-refractivity contribution in [2.75, 3.05) is 32.8 Å². The molecule has 1 aromatic carbocycles. The average Bonchev–Trinajstić information content (AvgIpc) is 2.62. The first-order chi connectivity index (χ1) is 11.4. The number of piperidine rings is 1. The molecule has 0 radical (unpaired) electrons. The van der Waals surface area contributed by atoms with Crippen molar-refractivity contribution < 1.29 is 18.3 Å². The summed E-state index contributed by atoms with van der Waals surface area (Å²) in [6.45, 7) is 5.74. The summed E-state index contributed by atoms with van der Waals surface area (Å²) < 4.78 is 26.3. The van der Waals surface area contributed by atoms with Crippen LogP contribution in [0.1, 0.15) is 37.0 Å². The van der Waals surface area contributed by atoms with Gasteiger partial charge in [-0.15, -0.1) is 0 Å². The molecule has 0 saturated carbocycles. The number of rotatable bonds is 6. The highest BCUT2D eigenvalue weighted by Gasteiger charge is 2.25. The lowest BCUT2D eigenvalue weighted by Crippen LogP contribution is -2.40. The van der Waals surface area contributed by atoms with Crippen molar-refractivity contribution >= 4 is 15.9 Å². The summed E-state index contributed by atoms with van der Waals surface area (Å²) in [5, 5.41) is 9.28. The topological polar surface area (TPSA) is 77.9 Å². The Balaban J connectivity index is 2.15. The number of nitrogens with zero attached hydrogens (tertiary/aromatic N) is 2. The van der Waals surface area contributed by atoms with Gasteiger partial charge in [0.05, 0.1) is 4.90 Å². The van der Waals surface area contributed by atoms with E-state index in [0.717, 1.165) is 12.8 Å². The number of carbonyl (C=O) groups is 1. The number of carbonyl (C=O) groups excluding carboxylic acids is 1. The predicted octanol–water partition coefficient (Wildman–Crippen LogP) is 1.56. The Hall–Kier alpha value is -1.44. The first-order valence-corrected chi connectivity index (χ1v) is 9.88. The average molecular weight is 354 g/mol. The number of aliphatic hydroxyl groups is 1. The summed E-state index contributed by atoms with van der Waals surface area (Å²) in [5.41, 5.74) is 0.479. The zero-order chi connectivity index (χ0) is 17.7. The quantitative estimate of drug-likeness (QED) is 0.841. The third-order valence-corrected chi connectivity index (χ3v) is 6.57. The number of likely N-dealkylation sites (tertiary alicyclic amines) is 1. The van der Waals surface area contributed by atoms with E-state index in [-0.39, 0.29) is 23.3 Å². The molecule has 1 amide bonds. The fourth-order valence-electron chi connectivity index (χ4n) is 3.06. The molecule has 0 aromatic heterocycles. The van der Waals surface area contributed by atoms with Gasteiger partial charge in [0.15, 0.2) is 0 Å². The standard InChI is InChI=1S/C17H26N2O4S/c1-3-19(4-2)24(22,23)16-9-7-15(8-10-16)17(21)18-11-5-6-14(12-18)13-20/h7-10,14,20H,3-6,11-13H2,1-2H3. The second kappa shape index (κ2) is 8.09. The van der Waals surface area contributed by atoms with E-state index in [2.05, 4.69) is 0 Å². The zero-order valence-electron chi connectivity index (χ0n) is 14.3. The maximum atomic E-state index is 12.6. The van der Waals surface area contributed by atoms with Gasteiger partial charge in [-0.2, -0.15) is 4.31 Å². The van der Waals surface area contributed by atoms with Crippen LogP contribution in [0.25, 0.3) is 0 Å². The van der Waals surface area contributed by atoms with Crippen molar-refractivity contribution in [3.05, 3.63) is 29.8 Å². The molecule has 1 N–H and O–H groups in total. The van der Waals surface area contributed by atoms with Gasteiger partial charge in [0.2, 0.25) is 10.0 Å². The summed E-state index contributed by atoms with van der Waals surface area (Å²) in [4.78, 5) is 14.5. The van der Waals surface area contributed by atoms with E-state index in [0.29, 0.717) is 31.7 Å². The van der Waals surface area contributed by atoms with Crippen LogP contribution in [0.4, 0.5) is 0 Å². The van der Waals surface area contributed by atoms with Crippen LogP contribution in [-0.2, 0) is 10.0 Å². The SMILES string of the molecule is CCN(CC)S(=O)(=O)c1ccc(C(=O)N2CCCC(CO)C2)cc1. The van der Waals surface area contributed by atoms with Crippen LogP contribution < -0.4 is 0 Å². The van der Waals surface area contributed by atoms with Gasteiger partial charge < -0.3 is 10.0 Å². The fraction of sp³-hybridized carbons (Fsp3) is 0.588. The van der Waals surface area contributed by atoms with Crippen LogP contribution in [-0.4, -0.2) is 61.4 Å². The first-order valence-electron chi connectivity index (χ1n) is 8.44. The molecule has 1 heterocycles. The summed E-state index contributed by atoms with van der Waals surface area (Å²) in [6.07, 6.45) is 1.81. The highest BCUT2D eigenvalue weighted by atomic mass is 32.2. The largest absolute Gasteiger partial charge is 0.396 e. The van der Waals surface area contributed by atoms with E-state index in [9.17, 15) is 18.3 Å². The van der Waals surface area contributed by atoms with Crippen molar-refractivity contribution in [1.82, 2.24) is 9.21 Å². The summed E-state index contributed by atoms with van der Waals surface area (Å²) >= 11 is 0. The van der Waals surface area contributed by atoms with Crippen molar-refractivity contribution in [2.24, 2.45) is 5.92 Å². The van der Waals surface area contributed by atoms with Gasteiger partial charge in [-0.1, -0.05) is 13.8 Å². The molecule has 0 spiro atoms. The fourth-order valence-corrected chi connectivity index (χ4v) is 4.52. The Morgan fingerprint density at radius 3 is 2.42 bits per heavy atom. The molecule has 1 aliphatic heterocycles. The molecule has 0 bridgehead atoms. The molecule has 7 heteroatoms. The number of aliphatic hydroxyl groups excluding tert-OH is 1. The number of hydrogen-bond donors (Lipinski definition) is 1. The molecule has 1 saturated heterocycles. The minimum Gasteiger partial charge on any atom is -0.396 e. The minimum atomic E-state index is -3.51. The molecule has 1 unspecified atom stereocenters. The maximum Gasteiger partial charge on any atom is 0.253 e. The van der Waals surface area contributed by atoms with Gasteiger partial charge in [0.1, 0.15) is 0 Å². The number of sulfonamides is 1. The molecule has 1 fully saturated rings. The highest BCUT2D eigenvalue weighted by molar-refractivity contribution is 7.89. The van der Waals surface area contributed by atoms with Crippen molar-refractivity contribution in [3.8, 4) is 0 Å². The van der Waals surface area contributed by atoms with Gasteiger partial charge in [-0.05, 0) is 43.0 Å². The Morgan fingerprint density at radius 2 is 1.88 bits per heavy atom. The van der Waals surface area contributed by atoms with Crippen LogP contribution >= 0.6 is 0 Å². The van der Waals surface area contributed by atoms with Gasteiger partial charge in [0, 0.05) is 38.3 Å². The van der Waals surface area contributed by atoms with Crippen LogP contribution in [0.5, 0.6) is 0 Å². The molecule has 2 rings (SSSR count). The lowest BCUT2D eigenvalue weighted by molar-refractivity contribution is 0.0620. The van der Waals surface area contributed by atoms with Gasteiger partial charge in [-0.25, -0.2) is 8.42 Å². The van der Waals surface area contributed by atoms with E-state index >= 15 is 0 Å². The first kappa shape index (κ1) is 18.9. The molecule has 1 aliphatic rings. The zero-order valence-corrected chi connectivity index (χ0v) is 15.1. The molecular weight excluding hydrogens is 328 g/mol. The molecule has 1 atom stereocenters. The van der Waals surface area contributed by atoms with Crippen LogP contribution in [0, 0.1) is 5.92 Å².